The molecule has 0 unspecified atom stereocenters. The summed E-state index contributed by atoms with van der Waals surface area (Å²) in [4.78, 5) is 3.35. The highest BCUT2D eigenvalue weighted by molar-refractivity contribution is 6.30. The Kier molecular flexibility index (Phi) is 3.01. The molecular formula is C8H7ClF3NO. The van der Waals surface area contributed by atoms with Crippen LogP contribution >= 0.6 is 11.6 Å². The minimum atomic E-state index is -4.47. The number of aliphatic hydroxyl groups is 1. The van der Waals surface area contributed by atoms with Crippen LogP contribution in [-0.4, -0.2) is 10.1 Å². The van der Waals surface area contributed by atoms with Crippen LogP contribution in [0.4, 0.5) is 13.2 Å². The van der Waals surface area contributed by atoms with Crippen molar-refractivity contribution in [2.24, 2.45) is 0 Å². The zero-order chi connectivity index (χ0) is 10.9. The molecule has 0 spiro atoms. The Morgan fingerprint density at radius 2 is 2.07 bits per heavy atom. The van der Waals surface area contributed by atoms with Gasteiger partial charge in [-0.05, 0) is 13.0 Å². The van der Waals surface area contributed by atoms with Gasteiger partial charge in [-0.25, -0.2) is 4.98 Å². The largest absolute Gasteiger partial charge is 0.417 e. The minimum absolute atomic E-state index is 0.0264. The number of pyridine rings is 1. The van der Waals surface area contributed by atoms with Crippen molar-refractivity contribution < 1.29 is 18.3 Å². The molecule has 0 aliphatic rings. The third-order valence-electron chi connectivity index (χ3n) is 1.64. The van der Waals surface area contributed by atoms with E-state index in [1.54, 1.807) is 0 Å². The fourth-order valence-electron chi connectivity index (χ4n) is 0.913. The molecule has 1 heterocycles. The van der Waals surface area contributed by atoms with Gasteiger partial charge in [0.2, 0.25) is 0 Å². The van der Waals surface area contributed by atoms with Gasteiger partial charge in [-0.3, -0.25) is 0 Å². The predicted octanol–water partition coefficient (Wildman–Crippen LogP) is 2.81. The van der Waals surface area contributed by atoms with Crippen molar-refractivity contribution in [2.45, 2.75) is 19.2 Å². The Morgan fingerprint density at radius 3 is 2.50 bits per heavy atom. The van der Waals surface area contributed by atoms with Gasteiger partial charge in [0.1, 0.15) is 5.15 Å². The molecule has 14 heavy (non-hydrogen) atoms. The van der Waals surface area contributed by atoms with Crippen LogP contribution in [-0.2, 0) is 6.18 Å². The van der Waals surface area contributed by atoms with E-state index < -0.39 is 17.8 Å². The van der Waals surface area contributed by atoms with E-state index in [2.05, 4.69) is 4.98 Å². The molecule has 0 aromatic carbocycles. The van der Waals surface area contributed by atoms with Crippen molar-refractivity contribution in [3.05, 3.63) is 28.5 Å². The second-order valence-corrected chi connectivity index (χ2v) is 3.14. The Balaban J connectivity index is 3.20. The molecule has 1 aromatic heterocycles. The van der Waals surface area contributed by atoms with Crippen LogP contribution in [0.5, 0.6) is 0 Å². The van der Waals surface area contributed by atoms with Crippen molar-refractivity contribution >= 4 is 11.6 Å². The van der Waals surface area contributed by atoms with Crippen LogP contribution in [0, 0.1) is 0 Å². The fraction of sp³-hybridized carbons (Fsp3) is 0.375. The molecule has 0 saturated heterocycles. The van der Waals surface area contributed by atoms with E-state index in [4.69, 9.17) is 16.7 Å². The summed E-state index contributed by atoms with van der Waals surface area (Å²) in [7, 11) is 0. The molecule has 78 valence electrons. The van der Waals surface area contributed by atoms with E-state index in [1.165, 1.54) is 6.92 Å². The summed E-state index contributed by atoms with van der Waals surface area (Å²) >= 11 is 5.50. The van der Waals surface area contributed by atoms with E-state index in [0.29, 0.717) is 6.20 Å². The van der Waals surface area contributed by atoms with Crippen molar-refractivity contribution in [1.29, 1.82) is 0 Å². The zero-order valence-electron chi connectivity index (χ0n) is 7.14. The van der Waals surface area contributed by atoms with E-state index in [-0.39, 0.29) is 10.7 Å². The standard InChI is InChI=1S/C8H7ClF3NO/c1-4(14)6-2-5(8(10,11)12)3-13-7(6)9/h2-4,14H,1H3/t4-/m0/s1. The van der Waals surface area contributed by atoms with Gasteiger partial charge >= 0.3 is 6.18 Å². The summed E-state index contributed by atoms with van der Waals surface area (Å²) in [5.41, 5.74) is -0.945. The molecule has 1 aromatic rings. The van der Waals surface area contributed by atoms with E-state index in [1.807, 2.05) is 0 Å². The van der Waals surface area contributed by atoms with Crippen molar-refractivity contribution in [3.63, 3.8) is 0 Å². The maximum Gasteiger partial charge on any atom is 0.417 e. The summed E-state index contributed by atoms with van der Waals surface area (Å²) in [6, 6.07) is 0.792. The summed E-state index contributed by atoms with van der Waals surface area (Å²) in [6.45, 7) is 1.32. The number of nitrogens with zero attached hydrogens (tertiary/aromatic N) is 1. The van der Waals surface area contributed by atoms with Gasteiger partial charge in [-0.2, -0.15) is 13.2 Å². The molecule has 0 saturated carbocycles. The third-order valence-corrected chi connectivity index (χ3v) is 1.96. The van der Waals surface area contributed by atoms with Gasteiger partial charge in [0.05, 0.1) is 11.7 Å². The molecule has 1 rings (SSSR count). The second-order valence-electron chi connectivity index (χ2n) is 2.78. The molecule has 6 heteroatoms. The van der Waals surface area contributed by atoms with Gasteiger partial charge in [-0.15, -0.1) is 0 Å². The highest BCUT2D eigenvalue weighted by atomic mass is 35.5. The summed E-state index contributed by atoms with van der Waals surface area (Å²) in [6.07, 6.45) is -4.91. The van der Waals surface area contributed by atoms with Crippen molar-refractivity contribution in [3.8, 4) is 0 Å². The van der Waals surface area contributed by atoms with Crippen molar-refractivity contribution in [2.75, 3.05) is 0 Å². The monoisotopic (exact) mass is 225 g/mol. The number of aliphatic hydroxyl groups excluding tert-OH is 1. The average Bonchev–Trinajstić information content (AvgIpc) is 2.02. The fourth-order valence-corrected chi connectivity index (χ4v) is 1.17. The highest BCUT2D eigenvalue weighted by Crippen LogP contribution is 2.32. The first-order valence-electron chi connectivity index (χ1n) is 3.73. The summed E-state index contributed by atoms with van der Waals surface area (Å²) in [5.74, 6) is 0. The Bertz CT molecular complexity index is 338. The molecule has 1 N–H and O–H groups in total. The Labute approximate surface area is 83.3 Å². The molecule has 0 fully saturated rings. The van der Waals surface area contributed by atoms with E-state index in [0.717, 1.165) is 6.07 Å². The van der Waals surface area contributed by atoms with Crippen LogP contribution in [0.2, 0.25) is 5.15 Å². The molecular weight excluding hydrogens is 219 g/mol. The van der Waals surface area contributed by atoms with Crippen LogP contribution in [0.15, 0.2) is 12.3 Å². The number of alkyl halides is 3. The first kappa shape index (κ1) is 11.3. The zero-order valence-corrected chi connectivity index (χ0v) is 7.89. The number of hydrogen-bond acceptors (Lipinski definition) is 2. The van der Waals surface area contributed by atoms with E-state index in [9.17, 15) is 13.2 Å². The lowest BCUT2D eigenvalue weighted by Gasteiger charge is -2.10. The van der Waals surface area contributed by atoms with Gasteiger partial charge in [0.15, 0.2) is 0 Å². The maximum absolute atomic E-state index is 12.2. The van der Waals surface area contributed by atoms with Crippen LogP contribution in [0.1, 0.15) is 24.2 Å². The van der Waals surface area contributed by atoms with Crippen LogP contribution < -0.4 is 0 Å². The lowest BCUT2D eigenvalue weighted by molar-refractivity contribution is -0.137. The van der Waals surface area contributed by atoms with Gasteiger partial charge < -0.3 is 5.11 Å². The molecule has 2 nitrogen and oxygen atoms in total. The topological polar surface area (TPSA) is 33.1 Å². The average molecular weight is 226 g/mol. The predicted molar refractivity (Wildman–Crippen MR) is 44.9 cm³/mol. The first-order chi connectivity index (χ1) is 6.32. The van der Waals surface area contributed by atoms with Gasteiger partial charge in [0, 0.05) is 11.8 Å². The van der Waals surface area contributed by atoms with Gasteiger partial charge in [0.25, 0.3) is 0 Å². The second kappa shape index (κ2) is 3.74. The lowest BCUT2D eigenvalue weighted by Crippen LogP contribution is -2.07. The smallest absolute Gasteiger partial charge is 0.389 e. The Morgan fingerprint density at radius 1 is 1.50 bits per heavy atom. The SMILES string of the molecule is C[C@H](O)c1cc(C(F)(F)F)cnc1Cl. The normalized spacial score (nSPS) is 14.1. The molecule has 0 bridgehead atoms. The number of aromatic nitrogens is 1. The summed E-state index contributed by atoms with van der Waals surface area (Å²) < 4.78 is 36.6. The number of halogens is 4. The molecule has 0 radical (unpaired) electrons. The molecule has 1 atom stereocenters. The quantitative estimate of drug-likeness (QED) is 0.746. The molecule has 0 amide bonds. The number of hydrogen-bond donors (Lipinski definition) is 1. The maximum atomic E-state index is 12.2. The molecule has 0 aliphatic heterocycles. The number of rotatable bonds is 1. The Hall–Kier alpha value is -0.810. The molecule has 0 aliphatic carbocycles. The van der Waals surface area contributed by atoms with Crippen LogP contribution in [0.3, 0.4) is 0 Å². The van der Waals surface area contributed by atoms with Gasteiger partial charge in [-0.1, -0.05) is 11.6 Å². The highest BCUT2D eigenvalue weighted by Gasteiger charge is 2.31. The third kappa shape index (κ3) is 2.36. The van der Waals surface area contributed by atoms with E-state index >= 15 is 0 Å². The minimum Gasteiger partial charge on any atom is -0.389 e. The lowest BCUT2D eigenvalue weighted by atomic mass is 10.1. The van der Waals surface area contributed by atoms with Crippen LogP contribution in [0.25, 0.3) is 0 Å². The summed E-state index contributed by atoms with van der Waals surface area (Å²) in [5, 5.41) is 8.99. The van der Waals surface area contributed by atoms with Crippen molar-refractivity contribution in [1.82, 2.24) is 4.98 Å². The first-order valence-corrected chi connectivity index (χ1v) is 4.11.